The van der Waals surface area contributed by atoms with Crippen molar-refractivity contribution in [1.82, 2.24) is 14.9 Å². The van der Waals surface area contributed by atoms with Gasteiger partial charge in [0.25, 0.3) is 5.91 Å². The Kier molecular flexibility index (Phi) is 4.52. The van der Waals surface area contributed by atoms with Gasteiger partial charge in [0.2, 0.25) is 11.7 Å². The Bertz CT molecular complexity index is 549. The van der Waals surface area contributed by atoms with Gasteiger partial charge in [-0.25, -0.2) is 9.97 Å². The Balaban J connectivity index is 2.31. The van der Waals surface area contributed by atoms with Gasteiger partial charge < -0.3 is 15.4 Å². The summed E-state index contributed by atoms with van der Waals surface area (Å²) in [6, 6.07) is 1.73. The van der Waals surface area contributed by atoms with E-state index in [1.165, 1.54) is 0 Å². The molecule has 2 rings (SSSR count). The fourth-order valence-electron chi connectivity index (χ4n) is 2.91. The van der Waals surface area contributed by atoms with Crippen molar-refractivity contribution in [3.63, 3.8) is 0 Å². The standard InChI is InChI=1S/C14H20N4O3/c1-10-4-6-16-12(17-10)13(20)18-7-3-5-14(18,9-21-2)8-11(15)19/h4,6H,3,5,7-9H2,1-2H3,(H2,15,19). The highest BCUT2D eigenvalue weighted by Crippen LogP contribution is 2.33. The molecule has 0 aliphatic carbocycles. The van der Waals surface area contributed by atoms with Crippen LogP contribution < -0.4 is 5.73 Å². The number of nitrogens with two attached hydrogens (primary N) is 1. The number of rotatable bonds is 5. The Morgan fingerprint density at radius 2 is 2.29 bits per heavy atom. The molecule has 21 heavy (non-hydrogen) atoms. The second-order valence-electron chi connectivity index (χ2n) is 5.38. The molecule has 2 heterocycles. The van der Waals surface area contributed by atoms with Crippen molar-refractivity contribution in [1.29, 1.82) is 0 Å². The first kappa shape index (κ1) is 15.4. The minimum Gasteiger partial charge on any atom is -0.382 e. The maximum Gasteiger partial charge on any atom is 0.292 e. The van der Waals surface area contributed by atoms with Crippen LogP contribution in [0.4, 0.5) is 0 Å². The number of likely N-dealkylation sites (tertiary alicyclic amines) is 1. The van der Waals surface area contributed by atoms with Crippen molar-refractivity contribution in [3.05, 3.63) is 23.8 Å². The van der Waals surface area contributed by atoms with Crippen LogP contribution >= 0.6 is 0 Å². The number of aromatic nitrogens is 2. The van der Waals surface area contributed by atoms with Gasteiger partial charge in [-0.3, -0.25) is 9.59 Å². The predicted octanol–water partition coefficient (Wildman–Crippen LogP) is 0.282. The summed E-state index contributed by atoms with van der Waals surface area (Å²) >= 11 is 0. The maximum atomic E-state index is 12.7. The van der Waals surface area contributed by atoms with Gasteiger partial charge in [-0.2, -0.15) is 0 Å². The van der Waals surface area contributed by atoms with Crippen molar-refractivity contribution in [2.24, 2.45) is 5.73 Å². The Morgan fingerprint density at radius 3 is 2.90 bits per heavy atom. The molecule has 7 heteroatoms. The summed E-state index contributed by atoms with van der Waals surface area (Å²) in [5, 5.41) is 0. The molecule has 1 aliphatic heterocycles. The molecule has 2 N–H and O–H groups in total. The monoisotopic (exact) mass is 292 g/mol. The Labute approximate surface area is 123 Å². The van der Waals surface area contributed by atoms with Crippen LogP contribution in [-0.2, 0) is 9.53 Å². The van der Waals surface area contributed by atoms with E-state index in [0.717, 1.165) is 12.1 Å². The smallest absolute Gasteiger partial charge is 0.292 e. The zero-order valence-electron chi connectivity index (χ0n) is 12.3. The minimum absolute atomic E-state index is 0.0817. The number of carbonyl (C=O) groups is 2. The van der Waals surface area contributed by atoms with Crippen LogP contribution in [0.1, 0.15) is 35.6 Å². The van der Waals surface area contributed by atoms with Crippen molar-refractivity contribution in [2.75, 3.05) is 20.3 Å². The number of hydrogen-bond acceptors (Lipinski definition) is 5. The van der Waals surface area contributed by atoms with Gasteiger partial charge in [0.1, 0.15) is 0 Å². The number of amides is 2. The molecule has 0 spiro atoms. The van der Waals surface area contributed by atoms with Crippen molar-refractivity contribution in [3.8, 4) is 0 Å². The van der Waals surface area contributed by atoms with E-state index in [1.807, 2.05) is 0 Å². The summed E-state index contributed by atoms with van der Waals surface area (Å²) in [4.78, 5) is 33.9. The SMILES string of the molecule is COCC1(CC(N)=O)CCCN1C(=O)c1nccc(C)n1. The molecule has 0 bridgehead atoms. The topological polar surface area (TPSA) is 98.4 Å². The van der Waals surface area contributed by atoms with Crippen LogP contribution in [0.3, 0.4) is 0 Å². The second-order valence-corrected chi connectivity index (χ2v) is 5.38. The van der Waals surface area contributed by atoms with E-state index in [-0.39, 0.29) is 24.8 Å². The Morgan fingerprint density at radius 1 is 1.52 bits per heavy atom. The molecular formula is C14H20N4O3. The number of aryl methyl sites for hydroxylation is 1. The highest BCUT2D eigenvalue weighted by molar-refractivity contribution is 5.92. The average Bonchev–Trinajstić information content (AvgIpc) is 2.80. The van der Waals surface area contributed by atoms with Crippen LogP contribution in [0.5, 0.6) is 0 Å². The molecule has 2 amide bonds. The molecule has 0 radical (unpaired) electrons. The lowest BCUT2D eigenvalue weighted by Crippen LogP contribution is -2.52. The fourth-order valence-corrected chi connectivity index (χ4v) is 2.91. The van der Waals surface area contributed by atoms with Crippen molar-refractivity contribution >= 4 is 11.8 Å². The third kappa shape index (κ3) is 3.18. The zero-order valence-corrected chi connectivity index (χ0v) is 12.3. The van der Waals surface area contributed by atoms with Gasteiger partial charge in [-0.05, 0) is 25.8 Å². The van der Waals surface area contributed by atoms with Crippen molar-refractivity contribution < 1.29 is 14.3 Å². The second kappa shape index (κ2) is 6.17. The molecule has 114 valence electrons. The third-order valence-electron chi connectivity index (χ3n) is 3.74. The highest BCUT2D eigenvalue weighted by atomic mass is 16.5. The van der Waals surface area contributed by atoms with Gasteiger partial charge in [0.05, 0.1) is 18.6 Å². The first-order valence-electron chi connectivity index (χ1n) is 6.87. The first-order chi connectivity index (χ1) is 9.98. The lowest BCUT2D eigenvalue weighted by Gasteiger charge is -2.36. The first-order valence-corrected chi connectivity index (χ1v) is 6.87. The molecule has 1 atom stereocenters. The molecule has 0 aromatic carbocycles. The van der Waals surface area contributed by atoms with Gasteiger partial charge >= 0.3 is 0 Å². The van der Waals surface area contributed by atoms with E-state index < -0.39 is 11.4 Å². The maximum absolute atomic E-state index is 12.7. The summed E-state index contributed by atoms with van der Waals surface area (Å²) in [6.07, 6.45) is 3.12. The van der Waals surface area contributed by atoms with Crippen LogP contribution in [-0.4, -0.2) is 52.5 Å². The largest absolute Gasteiger partial charge is 0.382 e. The zero-order chi connectivity index (χ0) is 15.5. The van der Waals surface area contributed by atoms with E-state index >= 15 is 0 Å². The normalized spacial score (nSPS) is 21.5. The molecule has 1 aromatic rings. The molecule has 7 nitrogen and oxygen atoms in total. The third-order valence-corrected chi connectivity index (χ3v) is 3.74. The fraction of sp³-hybridized carbons (Fsp3) is 0.571. The number of methoxy groups -OCH3 is 1. The van der Waals surface area contributed by atoms with Crippen LogP contribution in [0, 0.1) is 6.92 Å². The van der Waals surface area contributed by atoms with E-state index in [9.17, 15) is 9.59 Å². The average molecular weight is 292 g/mol. The van der Waals surface area contributed by atoms with Gasteiger partial charge in [-0.15, -0.1) is 0 Å². The summed E-state index contributed by atoms with van der Waals surface area (Å²) in [5.41, 5.74) is 5.38. The highest BCUT2D eigenvalue weighted by Gasteiger charge is 2.45. The molecule has 1 aromatic heterocycles. The molecule has 0 saturated carbocycles. The number of nitrogens with zero attached hydrogens (tertiary/aromatic N) is 3. The van der Waals surface area contributed by atoms with Crippen LogP contribution in [0.2, 0.25) is 0 Å². The molecule has 1 unspecified atom stereocenters. The van der Waals surface area contributed by atoms with Crippen molar-refractivity contribution in [2.45, 2.75) is 31.7 Å². The van der Waals surface area contributed by atoms with Crippen LogP contribution in [0.25, 0.3) is 0 Å². The predicted molar refractivity (Wildman–Crippen MR) is 75.5 cm³/mol. The quantitative estimate of drug-likeness (QED) is 0.840. The number of ether oxygens (including phenoxy) is 1. The molecule has 1 fully saturated rings. The van der Waals surface area contributed by atoms with E-state index in [1.54, 1.807) is 31.2 Å². The van der Waals surface area contributed by atoms with Gasteiger partial charge in [-0.1, -0.05) is 0 Å². The minimum atomic E-state index is -0.690. The van der Waals surface area contributed by atoms with E-state index in [4.69, 9.17) is 10.5 Å². The van der Waals surface area contributed by atoms with Crippen LogP contribution in [0.15, 0.2) is 12.3 Å². The number of carbonyl (C=O) groups excluding carboxylic acids is 2. The number of hydrogen-bond donors (Lipinski definition) is 1. The lowest BCUT2D eigenvalue weighted by molar-refractivity contribution is -0.121. The Hall–Kier alpha value is -2.02. The summed E-state index contributed by atoms with van der Waals surface area (Å²) in [7, 11) is 1.55. The number of primary amides is 1. The lowest BCUT2D eigenvalue weighted by atomic mass is 9.92. The molecule has 1 saturated heterocycles. The summed E-state index contributed by atoms with van der Waals surface area (Å²) in [6.45, 7) is 2.62. The van der Waals surface area contributed by atoms with E-state index in [0.29, 0.717) is 13.0 Å². The van der Waals surface area contributed by atoms with Gasteiger partial charge in [0.15, 0.2) is 0 Å². The summed E-state index contributed by atoms with van der Waals surface area (Å²) in [5.74, 6) is -0.590. The summed E-state index contributed by atoms with van der Waals surface area (Å²) < 4.78 is 5.23. The van der Waals surface area contributed by atoms with Gasteiger partial charge in [0, 0.05) is 25.5 Å². The molecular weight excluding hydrogens is 272 g/mol. The van der Waals surface area contributed by atoms with E-state index in [2.05, 4.69) is 9.97 Å². The molecule has 1 aliphatic rings.